The molecule has 0 saturated heterocycles. The third-order valence-electron chi connectivity index (χ3n) is 3.64. The molecular weight excluding hydrogens is 276 g/mol. The number of benzene rings is 2. The Kier molecular flexibility index (Phi) is 3.47. The number of methoxy groups -OCH3 is 1. The molecule has 5 nitrogen and oxygen atoms in total. The van der Waals surface area contributed by atoms with Crippen LogP contribution in [0.1, 0.15) is 5.69 Å². The molecule has 0 spiro atoms. The highest BCUT2D eigenvalue weighted by molar-refractivity contribution is 6.08. The van der Waals surface area contributed by atoms with Crippen molar-refractivity contribution in [3.63, 3.8) is 0 Å². The first-order valence-electron chi connectivity index (χ1n) is 6.96. The van der Waals surface area contributed by atoms with E-state index in [4.69, 9.17) is 16.2 Å². The summed E-state index contributed by atoms with van der Waals surface area (Å²) in [5.41, 5.74) is 16.8. The van der Waals surface area contributed by atoms with Gasteiger partial charge in [0.15, 0.2) is 0 Å². The van der Waals surface area contributed by atoms with Crippen LogP contribution in [0.25, 0.3) is 10.9 Å². The molecule has 0 amide bonds. The molecule has 22 heavy (non-hydrogen) atoms. The first kappa shape index (κ1) is 14.0. The number of nitrogens with two attached hydrogens (primary N) is 2. The summed E-state index contributed by atoms with van der Waals surface area (Å²) in [4.78, 5) is 4.51. The van der Waals surface area contributed by atoms with E-state index >= 15 is 0 Å². The number of pyridine rings is 1. The number of para-hydroxylation sites is 1. The molecule has 3 aromatic rings. The SMILES string of the molecule is COc1ccc2nc(C)c(N)c(Nc3ccccc3)c2c1N. The van der Waals surface area contributed by atoms with Crippen molar-refractivity contribution >= 4 is 33.7 Å². The predicted molar refractivity (Wildman–Crippen MR) is 91.6 cm³/mol. The van der Waals surface area contributed by atoms with Crippen molar-refractivity contribution < 1.29 is 4.74 Å². The Morgan fingerprint density at radius 3 is 2.41 bits per heavy atom. The van der Waals surface area contributed by atoms with Crippen LogP contribution in [-0.4, -0.2) is 12.1 Å². The molecule has 0 radical (unpaired) electrons. The number of aromatic nitrogens is 1. The van der Waals surface area contributed by atoms with Crippen LogP contribution in [-0.2, 0) is 0 Å². The van der Waals surface area contributed by atoms with Gasteiger partial charge in [-0.05, 0) is 31.2 Å². The van der Waals surface area contributed by atoms with Crippen molar-refractivity contribution in [2.24, 2.45) is 0 Å². The largest absolute Gasteiger partial charge is 0.495 e. The molecule has 2 aromatic carbocycles. The molecule has 0 aliphatic carbocycles. The van der Waals surface area contributed by atoms with Crippen LogP contribution < -0.4 is 21.5 Å². The Bertz CT molecular complexity index is 831. The molecule has 0 saturated carbocycles. The summed E-state index contributed by atoms with van der Waals surface area (Å²) >= 11 is 0. The highest BCUT2D eigenvalue weighted by Crippen LogP contribution is 2.40. The van der Waals surface area contributed by atoms with Gasteiger partial charge in [-0.3, -0.25) is 4.98 Å². The van der Waals surface area contributed by atoms with Crippen molar-refractivity contribution in [2.45, 2.75) is 6.92 Å². The van der Waals surface area contributed by atoms with Gasteiger partial charge in [0, 0.05) is 5.69 Å². The smallest absolute Gasteiger partial charge is 0.142 e. The maximum Gasteiger partial charge on any atom is 0.142 e. The number of nitrogens with one attached hydrogen (secondary N) is 1. The summed E-state index contributed by atoms with van der Waals surface area (Å²) in [6.07, 6.45) is 0. The summed E-state index contributed by atoms with van der Waals surface area (Å²) in [6.45, 7) is 1.88. The van der Waals surface area contributed by atoms with Gasteiger partial charge in [0.25, 0.3) is 0 Å². The molecule has 5 N–H and O–H groups in total. The molecule has 1 heterocycles. The number of nitrogen functional groups attached to an aromatic ring is 2. The van der Waals surface area contributed by atoms with E-state index in [0.717, 1.165) is 28.0 Å². The van der Waals surface area contributed by atoms with Gasteiger partial charge in [-0.2, -0.15) is 0 Å². The zero-order chi connectivity index (χ0) is 15.7. The summed E-state index contributed by atoms with van der Waals surface area (Å²) in [5, 5.41) is 4.12. The van der Waals surface area contributed by atoms with Crippen molar-refractivity contribution in [2.75, 3.05) is 23.9 Å². The fourth-order valence-corrected chi connectivity index (χ4v) is 2.47. The Morgan fingerprint density at radius 2 is 1.73 bits per heavy atom. The molecule has 0 fully saturated rings. The van der Waals surface area contributed by atoms with Crippen molar-refractivity contribution in [3.8, 4) is 5.75 Å². The number of hydrogen-bond acceptors (Lipinski definition) is 5. The number of ether oxygens (including phenoxy) is 1. The van der Waals surface area contributed by atoms with E-state index < -0.39 is 0 Å². The number of anilines is 4. The van der Waals surface area contributed by atoms with Crippen LogP contribution >= 0.6 is 0 Å². The molecular formula is C17H18N4O. The average molecular weight is 294 g/mol. The molecule has 0 bridgehead atoms. The van der Waals surface area contributed by atoms with Crippen molar-refractivity contribution in [3.05, 3.63) is 48.2 Å². The van der Waals surface area contributed by atoms with E-state index in [2.05, 4.69) is 10.3 Å². The van der Waals surface area contributed by atoms with Gasteiger partial charge in [0.1, 0.15) is 5.75 Å². The number of fused-ring (bicyclic) bond motifs is 1. The molecule has 3 rings (SSSR count). The normalized spacial score (nSPS) is 10.6. The number of aryl methyl sites for hydroxylation is 1. The van der Waals surface area contributed by atoms with Gasteiger partial charge in [0.05, 0.1) is 40.8 Å². The lowest BCUT2D eigenvalue weighted by atomic mass is 10.1. The van der Waals surface area contributed by atoms with Gasteiger partial charge in [0.2, 0.25) is 0 Å². The lowest BCUT2D eigenvalue weighted by Gasteiger charge is -2.17. The number of rotatable bonds is 3. The third-order valence-corrected chi connectivity index (χ3v) is 3.64. The minimum Gasteiger partial charge on any atom is -0.495 e. The summed E-state index contributed by atoms with van der Waals surface area (Å²) in [5.74, 6) is 0.605. The monoisotopic (exact) mass is 294 g/mol. The summed E-state index contributed by atoms with van der Waals surface area (Å²) in [7, 11) is 1.59. The Balaban J connectivity index is 2.28. The first-order chi connectivity index (χ1) is 10.6. The highest BCUT2D eigenvalue weighted by Gasteiger charge is 2.15. The fraction of sp³-hybridized carbons (Fsp3) is 0.118. The number of hydrogen-bond donors (Lipinski definition) is 3. The highest BCUT2D eigenvalue weighted by atomic mass is 16.5. The van der Waals surface area contributed by atoms with E-state index in [0.29, 0.717) is 17.1 Å². The minimum absolute atomic E-state index is 0.526. The van der Waals surface area contributed by atoms with Gasteiger partial charge in [-0.15, -0.1) is 0 Å². The summed E-state index contributed by atoms with van der Waals surface area (Å²) < 4.78 is 5.31. The maximum atomic E-state index is 6.24. The standard InChI is InChI=1S/C17H18N4O/c1-10-15(18)17(21-11-6-4-3-5-7-11)14-12(20-10)8-9-13(22-2)16(14)19/h3-9H,18-19H2,1-2H3,(H,20,21). The topological polar surface area (TPSA) is 86.2 Å². The van der Waals surface area contributed by atoms with Gasteiger partial charge in [-0.1, -0.05) is 18.2 Å². The fourth-order valence-electron chi connectivity index (χ4n) is 2.47. The zero-order valence-electron chi connectivity index (χ0n) is 12.6. The van der Waals surface area contributed by atoms with E-state index in [-0.39, 0.29) is 0 Å². The van der Waals surface area contributed by atoms with E-state index in [1.54, 1.807) is 7.11 Å². The Morgan fingerprint density at radius 1 is 1.00 bits per heavy atom. The molecule has 1 aromatic heterocycles. The molecule has 0 atom stereocenters. The number of nitrogens with zero attached hydrogens (tertiary/aromatic N) is 1. The molecule has 0 unspecified atom stereocenters. The maximum absolute atomic E-state index is 6.24. The van der Waals surface area contributed by atoms with Crippen LogP contribution in [0, 0.1) is 6.92 Å². The van der Waals surface area contributed by atoms with E-state index in [1.165, 1.54) is 0 Å². The first-order valence-corrected chi connectivity index (χ1v) is 6.96. The third kappa shape index (κ3) is 2.26. The second kappa shape index (κ2) is 5.44. The van der Waals surface area contributed by atoms with Crippen molar-refractivity contribution in [1.82, 2.24) is 4.98 Å². The molecule has 0 aliphatic rings. The lowest BCUT2D eigenvalue weighted by molar-refractivity contribution is 0.417. The van der Waals surface area contributed by atoms with E-state index in [1.807, 2.05) is 49.4 Å². The molecule has 5 heteroatoms. The lowest BCUT2D eigenvalue weighted by Crippen LogP contribution is -2.04. The van der Waals surface area contributed by atoms with Crippen LogP contribution in [0.5, 0.6) is 5.75 Å². The van der Waals surface area contributed by atoms with Gasteiger partial charge >= 0.3 is 0 Å². The van der Waals surface area contributed by atoms with Crippen molar-refractivity contribution in [1.29, 1.82) is 0 Å². The minimum atomic E-state index is 0.526. The van der Waals surface area contributed by atoms with Gasteiger partial charge in [-0.25, -0.2) is 0 Å². The van der Waals surface area contributed by atoms with Crippen LogP contribution in [0.2, 0.25) is 0 Å². The van der Waals surface area contributed by atoms with Crippen LogP contribution in [0.15, 0.2) is 42.5 Å². The van der Waals surface area contributed by atoms with Crippen LogP contribution in [0.3, 0.4) is 0 Å². The average Bonchev–Trinajstić information content (AvgIpc) is 2.53. The Labute approximate surface area is 128 Å². The van der Waals surface area contributed by atoms with E-state index in [9.17, 15) is 0 Å². The second-order valence-corrected chi connectivity index (χ2v) is 5.05. The quantitative estimate of drug-likeness (QED) is 0.644. The van der Waals surface area contributed by atoms with Crippen LogP contribution in [0.4, 0.5) is 22.7 Å². The van der Waals surface area contributed by atoms with Gasteiger partial charge < -0.3 is 21.5 Å². The molecule has 0 aliphatic heterocycles. The summed E-state index contributed by atoms with van der Waals surface area (Å²) in [6, 6.07) is 13.5. The molecule has 112 valence electrons. The predicted octanol–water partition coefficient (Wildman–Crippen LogP) is 3.46. The second-order valence-electron chi connectivity index (χ2n) is 5.05. The zero-order valence-corrected chi connectivity index (χ0v) is 12.6. The Hall–Kier alpha value is -2.95.